The Morgan fingerprint density at radius 1 is 0.614 bits per heavy atom. The fourth-order valence-corrected chi connectivity index (χ4v) is 8.53. The van der Waals surface area contributed by atoms with Gasteiger partial charge in [-0.3, -0.25) is 0 Å². The number of likely N-dealkylation sites (N-methyl/N-ethyl adjacent to an activating group) is 2. The van der Waals surface area contributed by atoms with Crippen LogP contribution in [-0.4, -0.2) is 131 Å². The highest BCUT2D eigenvalue weighted by Crippen LogP contribution is 2.36. The summed E-state index contributed by atoms with van der Waals surface area (Å²) in [7, 11) is 8.48. The number of ether oxygens (including phenoxy) is 2. The van der Waals surface area contributed by atoms with Gasteiger partial charge in [0.25, 0.3) is 0 Å². The zero-order valence-electron chi connectivity index (χ0n) is 40.9. The van der Waals surface area contributed by atoms with Gasteiger partial charge in [-0.05, 0) is 139 Å². The average molecular weight is 1030 g/mol. The summed E-state index contributed by atoms with van der Waals surface area (Å²) < 4.78 is 15.0. The van der Waals surface area contributed by atoms with Gasteiger partial charge in [-0.15, -0.1) is 12.4 Å². The lowest BCUT2D eigenvalue weighted by Crippen LogP contribution is -2.57. The highest BCUT2D eigenvalue weighted by molar-refractivity contribution is 9.10. The predicted molar refractivity (Wildman–Crippen MR) is 285 cm³/mol. The number of halogens is 2. The van der Waals surface area contributed by atoms with Crippen LogP contribution in [0.3, 0.4) is 0 Å². The van der Waals surface area contributed by atoms with E-state index in [-0.39, 0.29) is 23.8 Å². The molecule has 0 atom stereocenters. The molecule has 4 aromatic carbocycles. The van der Waals surface area contributed by atoms with E-state index in [2.05, 4.69) is 98.4 Å². The summed E-state index contributed by atoms with van der Waals surface area (Å²) in [4.78, 5) is 41.3. The summed E-state index contributed by atoms with van der Waals surface area (Å²) in [5, 5.41) is 14.5. The molecule has 16 heteroatoms. The average Bonchev–Trinajstić information content (AvgIpc) is 3.84. The van der Waals surface area contributed by atoms with Crippen molar-refractivity contribution < 1.29 is 19.1 Å². The standard InChI is InChI=1S/C27H29N5O2.C22H18BrN3O2.C5H12N2.ClH/c1-5-34-27(33)24-15-23(19-11-13-20(14-12-19)31-16-22(17-31)30(3)4)25-18(2)29-32(26(25)28-24)21-9-7-6-8-10-21;1-3-28-22(27)19-13-18(15-9-11-16(23)12-10-15)20-14(2)25-26(21(20)24-19)17-7-5-4-6-8-17;1-7(2)5-3-6-4-5;/h6-15,22H,5,16-17H2,1-4H3;4-13H,3H2,1-2H3;5-6H,3-4H2,1-2H3;1H. The molecule has 2 aliphatic rings. The van der Waals surface area contributed by atoms with Gasteiger partial charge in [0.1, 0.15) is 0 Å². The van der Waals surface area contributed by atoms with Gasteiger partial charge in [0.2, 0.25) is 0 Å². The van der Waals surface area contributed by atoms with Crippen LogP contribution < -0.4 is 10.2 Å². The van der Waals surface area contributed by atoms with Crippen molar-refractivity contribution >= 4 is 68.0 Å². The van der Waals surface area contributed by atoms with E-state index in [1.165, 1.54) is 18.8 Å². The van der Waals surface area contributed by atoms with Gasteiger partial charge in [0, 0.05) is 48.4 Å². The molecule has 10 rings (SSSR count). The fraction of sp³-hybridized carbons (Fsp3) is 0.296. The monoisotopic (exact) mass is 1030 g/mol. The molecule has 70 heavy (non-hydrogen) atoms. The second-order valence-corrected chi connectivity index (χ2v) is 18.4. The Bertz CT molecular complexity index is 3040. The molecule has 1 N–H and O–H groups in total. The minimum Gasteiger partial charge on any atom is -0.461 e. The number of para-hydroxylation sites is 2. The first-order valence-electron chi connectivity index (χ1n) is 23.3. The number of hydrogen-bond acceptors (Lipinski definition) is 12. The van der Waals surface area contributed by atoms with Gasteiger partial charge in [0.05, 0.1) is 46.7 Å². The summed E-state index contributed by atoms with van der Waals surface area (Å²) in [6.45, 7) is 12.5. The van der Waals surface area contributed by atoms with Crippen LogP contribution in [0, 0.1) is 13.8 Å². The van der Waals surface area contributed by atoms with Gasteiger partial charge in [-0.1, -0.05) is 76.6 Å². The molecule has 0 saturated carbocycles. The van der Waals surface area contributed by atoms with Crippen molar-refractivity contribution in [3.05, 3.63) is 149 Å². The lowest BCUT2D eigenvalue weighted by atomic mass is 9.99. The Balaban J connectivity index is 0.000000181. The summed E-state index contributed by atoms with van der Waals surface area (Å²) in [5.74, 6) is -0.878. The third kappa shape index (κ3) is 11.2. The van der Waals surface area contributed by atoms with Gasteiger partial charge in [-0.2, -0.15) is 10.2 Å². The number of fused-ring (bicyclic) bond motifs is 2. The highest BCUT2D eigenvalue weighted by Gasteiger charge is 2.29. The van der Waals surface area contributed by atoms with Gasteiger partial charge in [-0.25, -0.2) is 28.9 Å². The number of nitrogens with one attached hydrogen (secondary N) is 1. The molecule has 2 fully saturated rings. The number of aryl methyl sites for hydroxylation is 2. The molecule has 4 aromatic heterocycles. The fourth-order valence-electron chi connectivity index (χ4n) is 8.26. The van der Waals surface area contributed by atoms with Crippen LogP contribution in [-0.2, 0) is 9.47 Å². The molecule has 14 nitrogen and oxygen atoms in total. The lowest BCUT2D eigenvalue weighted by Gasteiger charge is -2.44. The van der Waals surface area contributed by atoms with E-state index >= 15 is 0 Å². The largest absolute Gasteiger partial charge is 0.461 e. The van der Waals surface area contributed by atoms with E-state index < -0.39 is 11.9 Å². The zero-order valence-corrected chi connectivity index (χ0v) is 43.3. The van der Waals surface area contributed by atoms with Crippen LogP contribution in [0.15, 0.2) is 126 Å². The van der Waals surface area contributed by atoms with E-state index in [4.69, 9.17) is 19.7 Å². The molecule has 364 valence electrons. The van der Waals surface area contributed by atoms with E-state index in [9.17, 15) is 9.59 Å². The molecular formula is C54H60BrClN10O4. The number of carbonyl (C=O) groups excluding carboxylic acids is 2. The summed E-state index contributed by atoms with van der Waals surface area (Å²) in [6.07, 6.45) is 0. The third-order valence-electron chi connectivity index (χ3n) is 12.4. The maximum atomic E-state index is 12.7. The van der Waals surface area contributed by atoms with E-state index in [1.54, 1.807) is 29.3 Å². The number of carbonyl (C=O) groups is 2. The summed E-state index contributed by atoms with van der Waals surface area (Å²) in [5.41, 5.74) is 10.3. The Hall–Kier alpha value is -6.49. The van der Waals surface area contributed by atoms with Crippen molar-refractivity contribution in [1.29, 1.82) is 0 Å². The molecule has 2 aliphatic heterocycles. The summed E-state index contributed by atoms with van der Waals surface area (Å²) in [6, 6.07) is 41.1. The molecule has 0 unspecified atom stereocenters. The van der Waals surface area contributed by atoms with Crippen LogP contribution in [0.5, 0.6) is 0 Å². The Morgan fingerprint density at radius 2 is 1.03 bits per heavy atom. The number of pyridine rings is 2. The van der Waals surface area contributed by atoms with Crippen molar-refractivity contribution in [2.45, 2.75) is 39.8 Å². The topological polar surface area (TPSA) is 136 Å². The molecule has 0 amide bonds. The number of benzene rings is 4. The highest BCUT2D eigenvalue weighted by atomic mass is 79.9. The predicted octanol–water partition coefficient (Wildman–Crippen LogP) is 9.60. The van der Waals surface area contributed by atoms with Gasteiger partial charge in [0.15, 0.2) is 22.7 Å². The van der Waals surface area contributed by atoms with Crippen molar-refractivity contribution in [3.63, 3.8) is 0 Å². The molecule has 6 heterocycles. The normalized spacial score (nSPS) is 13.4. The first kappa shape index (κ1) is 51.4. The first-order chi connectivity index (χ1) is 33.3. The SMILES string of the molecule is CCOC(=O)c1cc(-c2ccc(Br)cc2)c2c(C)nn(-c3ccccc3)c2n1.CCOC(=O)c1cc(-c2ccc(N3CC(N(C)C)C3)cc2)c2c(C)nn(-c3ccccc3)c2n1.CN(C)C1CNC1.Cl. The number of anilines is 1. The van der Waals surface area contributed by atoms with Crippen molar-refractivity contribution in [1.82, 2.24) is 44.6 Å². The van der Waals surface area contributed by atoms with Gasteiger partial charge < -0.3 is 29.5 Å². The van der Waals surface area contributed by atoms with Crippen LogP contribution in [0.4, 0.5) is 5.69 Å². The van der Waals surface area contributed by atoms with Crippen LogP contribution in [0.2, 0.25) is 0 Å². The second-order valence-electron chi connectivity index (χ2n) is 17.5. The Morgan fingerprint density at radius 3 is 1.39 bits per heavy atom. The number of aromatic nitrogens is 6. The van der Waals surface area contributed by atoms with Crippen molar-refractivity contribution in [2.24, 2.45) is 0 Å². The third-order valence-corrected chi connectivity index (χ3v) is 12.9. The molecule has 8 aromatic rings. The quantitative estimate of drug-likeness (QED) is 0.124. The smallest absolute Gasteiger partial charge is 0.357 e. The van der Waals surface area contributed by atoms with Gasteiger partial charge >= 0.3 is 11.9 Å². The maximum absolute atomic E-state index is 12.7. The van der Waals surface area contributed by atoms with E-state index in [0.717, 1.165) is 79.4 Å². The molecule has 0 spiro atoms. The molecule has 0 radical (unpaired) electrons. The molecular weight excluding hydrogens is 968 g/mol. The van der Waals surface area contributed by atoms with Crippen molar-refractivity contribution in [3.8, 4) is 33.6 Å². The molecule has 2 saturated heterocycles. The number of nitrogens with zero attached hydrogens (tertiary/aromatic N) is 9. The maximum Gasteiger partial charge on any atom is 0.357 e. The van der Waals surface area contributed by atoms with Crippen LogP contribution in [0.25, 0.3) is 55.7 Å². The number of hydrogen-bond donors (Lipinski definition) is 1. The van der Waals surface area contributed by atoms with Crippen LogP contribution >= 0.6 is 28.3 Å². The minimum atomic E-state index is -0.443. The van der Waals surface area contributed by atoms with E-state index in [0.29, 0.717) is 30.5 Å². The summed E-state index contributed by atoms with van der Waals surface area (Å²) >= 11 is 3.47. The lowest BCUT2D eigenvalue weighted by molar-refractivity contribution is 0.0510. The van der Waals surface area contributed by atoms with E-state index in [1.807, 2.05) is 105 Å². The minimum absolute atomic E-state index is 0. The Labute approximate surface area is 424 Å². The van der Waals surface area contributed by atoms with Crippen molar-refractivity contribution in [2.75, 3.05) is 72.5 Å². The number of esters is 2. The Kier molecular flexibility index (Phi) is 16.8. The zero-order chi connectivity index (χ0) is 48.8. The first-order valence-corrected chi connectivity index (χ1v) is 24.0. The number of rotatable bonds is 11. The second kappa shape index (κ2) is 23.0. The molecule has 0 bridgehead atoms. The van der Waals surface area contributed by atoms with Crippen LogP contribution in [0.1, 0.15) is 46.2 Å². The molecule has 0 aliphatic carbocycles.